The molecule has 0 amide bonds. The van der Waals surface area contributed by atoms with Crippen LogP contribution in [0.1, 0.15) is 42.9 Å². The number of unbranched alkanes of at least 4 members (excludes halogenated alkanes) is 2. The molecule has 0 radical (unpaired) electrons. The molecule has 0 aliphatic carbocycles. The van der Waals surface area contributed by atoms with Crippen molar-refractivity contribution in [3.05, 3.63) is 76.9 Å². The van der Waals surface area contributed by atoms with Gasteiger partial charge in [-0.15, -0.1) is 0 Å². The van der Waals surface area contributed by atoms with Crippen molar-refractivity contribution >= 4 is 10.8 Å². The van der Waals surface area contributed by atoms with Gasteiger partial charge in [-0.05, 0) is 48.1 Å². The second kappa shape index (κ2) is 9.82. The molecule has 0 aliphatic heterocycles. The van der Waals surface area contributed by atoms with Gasteiger partial charge in [-0.3, -0.25) is 0 Å². The van der Waals surface area contributed by atoms with Crippen molar-refractivity contribution in [2.24, 2.45) is 0 Å². The molecule has 0 bridgehead atoms. The van der Waals surface area contributed by atoms with Gasteiger partial charge in [0.1, 0.15) is 5.82 Å². The lowest BCUT2D eigenvalue weighted by molar-refractivity contribution is -0.153. The molecule has 0 unspecified atom stereocenters. The molecule has 6 heteroatoms. The lowest BCUT2D eigenvalue weighted by Crippen LogP contribution is -2.19. The van der Waals surface area contributed by atoms with E-state index in [1.165, 1.54) is 6.07 Å². The second-order valence-corrected chi connectivity index (χ2v) is 7.24. The fourth-order valence-electron chi connectivity index (χ4n) is 3.17. The van der Waals surface area contributed by atoms with Crippen molar-refractivity contribution < 1.29 is 26.7 Å². The van der Waals surface area contributed by atoms with Crippen LogP contribution in [0.3, 0.4) is 0 Å². The lowest BCUT2D eigenvalue weighted by atomic mass is 10.0. The van der Waals surface area contributed by atoms with Crippen LogP contribution < -0.4 is 4.74 Å². The molecule has 3 rings (SSSR count). The third-order valence-electron chi connectivity index (χ3n) is 4.75. The summed E-state index contributed by atoms with van der Waals surface area (Å²) in [6.07, 6.45) is -0.241. The molecule has 3 aromatic carbocycles. The van der Waals surface area contributed by atoms with Gasteiger partial charge in [0.15, 0.2) is 18.2 Å². The molecule has 3 aromatic rings. The zero-order valence-electron chi connectivity index (χ0n) is 17.0. The van der Waals surface area contributed by atoms with Crippen LogP contribution in [0.15, 0.2) is 48.5 Å². The van der Waals surface area contributed by atoms with Crippen molar-refractivity contribution in [1.29, 1.82) is 0 Å². The number of alkyl halides is 3. The molecule has 0 saturated carbocycles. The number of hydrogen-bond donors (Lipinski definition) is 0. The molecule has 1 nitrogen and oxygen atoms in total. The van der Waals surface area contributed by atoms with Gasteiger partial charge in [0, 0.05) is 10.9 Å². The van der Waals surface area contributed by atoms with Gasteiger partial charge in [-0.1, -0.05) is 55.9 Å². The fourth-order valence-corrected chi connectivity index (χ4v) is 3.17. The highest BCUT2D eigenvalue weighted by molar-refractivity contribution is 5.85. The van der Waals surface area contributed by atoms with Crippen LogP contribution >= 0.6 is 0 Å². The van der Waals surface area contributed by atoms with E-state index in [0.29, 0.717) is 5.39 Å². The Morgan fingerprint density at radius 1 is 0.903 bits per heavy atom. The third kappa shape index (κ3) is 6.21. The number of fused-ring (bicyclic) bond motifs is 1. The number of hydrogen-bond acceptors (Lipinski definition) is 1. The first-order valence-electron chi connectivity index (χ1n) is 9.99. The SMILES string of the molecule is CCCCCc1ccc2c(F)c(C#Cc3ccc(OCC(F)(F)F)c(F)c3)ccc2c1. The van der Waals surface area contributed by atoms with Crippen molar-refractivity contribution in [3.8, 4) is 17.6 Å². The molecular formula is C25H21F5O. The summed E-state index contributed by atoms with van der Waals surface area (Å²) >= 11 is 0. The summed E-state index contributed by atoms with van der Waals surface area (Å²) < 4.78 is 69.8. The minimum Gasteiger partial charge on any atom is -0.481 e. The van der Waals surface area contributed by atoms with Gasteiger partial charge >= 0.3 is 6.18 Å². The van der Waals surface area contributed by atoms with E-state index in [0.717, 1.165) is 48.8 Å². The average Bonchev–Trinajstić information content (AvgIpc) is 2.72. The Hall–Kier alpha value is -3.07. The molecule has 0 spiro atoms. The molecular weight excluding hydrogens is 411 g/mol. The lowest BCUT2D eigenvalue weighted by Gasteiger charge is -2.09. The van der Waals surface area contributed by atoms with Gasteiger partial charge in [0.05, 0.1) is 5.56 Å². The molecule has 0 aromatic heterocycles. The van der Waals surface area contributed by atoms with E-state index in [4.69, 9.17) is 0 Å². The summed E-state index contributed by atoms with van der Waals surface area (Å²) in [6, 6.07) is 12.3. The molecule has 31 heavy (non-hydrogen) atoms. The van der Waals surface area contributed by atoms with Crippen LogP contribution in [0.25, 0.3) is 10.8 Å². The minimum absolute atomic E-state index is 0.157. The summed E-state index contributed by atoms with van der Waals surface area (Å²) in [5.41, 5.74) is 1.51. The summed E-state index contributed by atoms with van der Waals surface area (Å²) in [4.78, 5) is 0. The first-order valence-corrected chi connectivity index (χ1v) is 9.99. The molecule has 0 aliphatic rings. The van der Waals surface area contributed by atoms with Crippen molar-refractivity contribution in [2.75, 3.05) is 6.61 Å². The maximum absolute atomic E-state index is 14.9. The standard InChI is InChI=1S/C25H21F5O/c1-2-3-4-5-17-7-12-21-20(14-17)11-10-19(24(21)27)9-6-18-8-13-23(22(26)15-18)31-16-25(28,29)30/h7-8,10-15H,2-5,16H2,1H3. The Balaban J connectivity index is 1.78. The quantitative estimate of drug-likeness (QED) is 0.228. The van der Waals surface area contributed by atoms with Crippen molar-refractivity contribution in [1.82, 2.24) is 0 Å². The zero-order valence-corrected chi connectivity index (χ0v) is 17.0. The Morgan fingerprint density at radius 2 is 1.71 bits per heavy atom. The number of benzene rings is 3. The van der Waals surface area contributed by atoms with Crippen molar-refractivity contribution in [3.63, 3.8) is 0 Å². The topological polar surface area (TPSA) is 9.23 Å². The Labute approximate surface area is 177 Å². The van der Waals surface area contributed by atoms with Crippen LogP contribution in [0, 0.1) is 23.5 Å². The fraction of sp³-hybridized carbons (Fsp3) is 0.280. The van der Waals surface area contributed by atoms with Gasteiger partial charge in [0.2, 0.25) is 0 Å². The highest BCUT2D eigenvalue weighted by Crippen LogP contribution is 2.24. The van der Waals surface area contributed by atoms with E-state index in [2.05, 4.69) is 23.5 Å². The van der Waals surface area contributed by atoms with Gasteiger partial charge in [0.25, 0.3) is 0 Å². The maximum Gasteiger partial charge on any atom is 0.422 e. The molecule has 0 saturated heterocycles. The highest BCUT2D eigenvalue weighted by Gasteiger charge is 2.28. The largest absolute Gasteiger partial charge is 0.481 e. The zero-order chi connectivity index (χ0) is 22.4. The molecule has 0 heterocycles. The molecule has 0 N–H and O–H groups in total. The molecule has 0 atom stereocenters. The summed E-state index contributed by atoms with van der Waals surface area (Å²) in [6.45, 7) is 0.556. The highest BCUT2D eigenvalue weighted by atomic mass is 19.4. The van der Waals surface area contributed by atoms with Crippen LogP contribution in [-0.4, -0.2) is 12.8 Å². The van der Waals surface area contributed by atoms with Gasteiger partial charge in [-0.2, -0.15) is 13.2 Å². The van der Waals surface area contributed by atoms with Gasteiger partial charge in [-0.25, -0.2) is 8.78 Å². The smallest absolute Gasteiger partial charge is 0.422 e. The van der Waals surface area contributed by atoms with Gasteiger partial charge < -0.3 is 4.74 Å². The van der Waals surface area contributed by atoms with Crippen molar-refractivity contribution in [2.45, 2.75) is 38.8 Å². The number of rotatable bonds is 6. The second-order valence-electron chi connectivity index (χ2n) is 7.24. The summed E-state index contributed by atoms with van der Waals surface area (Å²) in [5.74, 6) is 3.36. The summed E-state index contributed by atoms with van der Waals surface area (Å²) in [7, 11) is 0. The van der Waals surface area contributed by atoms with E-state index >= 15 is 0 Å². The summed E-state index contributed by atoms with van der Waals surface area (Å²) in [5, 5.41) is 1.24. The van der Waals surface area contributed by atoms with E-state index < -0.39 is 30.2 Å². The van der Waals surface area contributed by atoms with Crippen LogP contribution in [0.5, 0.6) is 5.75 Å². The van der Waals surface area contributed by atoms with E-state index in [9.17, 15) is 22.0 Å². The number of aryl methyl sites for hydroxylation is 1. The predicted molar refractivity (Wildman–Crippen MR) is 111 cm³/mol. The maximum atomic E-state index is 14.9. The van der Waals surface area contributed by atoms with Crippen LogP contribution in [0.4, 0.5) is 22.0 Å². The predicted octanol–water partition coefficient (Wildman–Crippen LogP) is 7.19. The third-order valence-corrected chi connectivity index (χ3v) is 4.75. The molecule has 0 fully saturated rings. The Bertz CT molecular complexity index is 1120. The number of ether oxygens (including phenoxy) is 1. The van der Waals surface area contributed by atoms with E-state index in [1.807, 2.05) is 12.1 Å². The number of halogens is 5. The van der Waals surface area contributed by atoms with E-state index in [1.54, 1.807) is 18.2 Å². The van der Waals surface area contributed by atoms with Crippen LogP contribution in [0.2, 0.25) is 0 Å². The van der Waals surface area contributed by atoms with E-state index in [-0.39, 0.29) is 11.1 Å². The minimum atomic E-state index is -4.56. The normalized spacial score (nSPS) is 11.3. The molecule has 162 valence electrons. The monoisotopic (exact) mass is 432 g/mol. The Morgan fingerprint density at radius 3 is 2.42 bits per heavy atom. The average molecular weight is 432 g/mol. The first-order chi connectivity index (χ1) is 14.8. The Kier molecular flexibility index (Phi) is 7.17. The first kappa shape index (κ1) is 22.6. The van der Waals surface area contributed by atoms with Crippen LogP contribution in [-0.2, 0) is 6.42 Å².